The summed E-state index contributed by atoms with van der Waals surface area (Å²) in [7, 11) is 0. The third-order valence-electron chi connectivity index (χ3n) is 3.63. The highest BCUT2D eigenvalue weighted by molar-refractivity contribution is 7.99. The molecule has 7 heteroatoms. The van der Waals surface area contributed by atoms with Crippen LogP contribution >= 0.6 is 11.8 Å². The van der Waals surface area contributed by atoms with Crippen molar-refractivity contribution in [3.05, 3.63) is 11.9 Å². The van der Waals surface area contributed by atoms with Crippen molar-refractivity contribution in [2.75, 3.05) is 36.8 Å². The van der Waals surface area contributed by atoms with Crippen molar-refractivity contribution in [3.8, 4) is 0 Å². The predicted octanol–water partition coefficient (Wildman–Crippen LogP) is 2.18. The van der Waals surface area contributed by atoms with E-state index in [2.05, 4.69) is 14.9 Å². The Labute approximate surface area is 135 Å². The van der Waals surface area contributed by atoms with E-state index in [0.29, 0.717) is 13.1 Å². The number of hydrogen-bond donors (Lipinski definition) is 0. The van der Waals surface area contributed by atoms with Crippen LogP contribution in [0, 0.1) is 0 Å². The third kappa shape index (κ3) is 3.45. The van der Waals surface area contributed by atoms with E-state index in [1.807, 2.05) is 38.7 Å². The van der Waals surface area contributed by atoms with E-state index in [1.165, 1.54) is 4.90 Å². The summed E-state index contributed by atoms with van der Waals surface area (Å²) in [5.74, 6) is 1.88. The highest BCUT2D eigenvalue weighted by Crippen LogP contribution is 2.30. The molecule has 0 bridgehead atoms. The SMILES string of the molecule is CC(C)(C)OC(=O)N1CCN(c2ncc3c(n2)CCS3)CC1. The Morgan fingerprint density at radius 2 is 2.00 bits per heavy atom. The Kier molecular flexibility index (Phi) is 4.16. The predicted molar refractivity (Wildman–Crippen MR) is 86.5 cm³/mol. The normalized spacial score (nSPS) is 18.3. The molecule has 1 aromatic rings. The van der Waals surface area contributed by atoms with Crippen LogP contribution in [-0.2, 0) is 11.2 Å². The summed E-state index contributed by atoms with van der Waals surface area (Å²) in [5, 5.41) is 0. The zero-order valence-electron chi connectivity index (χ0n) is 13.3. The van der Waals surface area contributed by atoms with Gasteiger partial charge < -0.3 is 14.5 Å². The van der Waals surface area contributed by atoms with Gasteiger partial charge in [-0.25, -0.2) is 14.8 Å². The van der Waals surface area contributed by atoms with Crippen LogP contribution in [0.1, 0.15) is 26.5 Å². The topological polar surface area (TPSA) is 58.6 Å². The largest absolute Gasteiger partial charge is 0.444 e. The number of ether oxygens (including phenoxy) is 1. The Morgan fingerprint density at radius 1 is 1.27 bits per heavy atom. The number of fused-ring (bicyclic) bond motifs is 1. The summed E-state index contributed by atoms with van der Waals surface area (Å²) in [6.07, 6.45) is 2.71. The third-order valence-corrected chi connectivity index (χ3v) is 4.69. The van der Waals surface area contributed by atoms with Gasteiger partial charge in [0.05, 0.1) is 5.69 Å². The molecule has 3 rings (SSSR count). The average molecular weight is 322 g/mol. The van der Waals surface area contributed by atoms with Crippen LogP contribution in [0.25, 0.3) is 0 Å². The minimum Gasteiger partial charge on any atom is -0.444 e. The standard InChI is InChI=1S/C15H22N4O2S/c1-15(2,3)21-14(20)19-7-5-18(6-8-19)13-16-10-12-11(17-13)4-9-22-12/h10H,4-9H2,1-3H3. The van der Waals surface area contributed by atoms with Crippen LogP contribution in [0.5, 0.6) is 0 Å². The second-order valence-corrected chi connectivity index (χ2v) is 7.67. The first kappa shape index (κ1) is 15.4. The van der Waals surface area contributed by atoms with Crippen LogP contribution in [0.3, 0.4) is 0 Å². The lowest BCUT2D eigenvalue weighted by Crippen LogP contribution is -2.50. The van der Waals surface area contributed by atoms with Crippen LogP contribution in [0.4, 0.5) is 10.7 Å². The van der Waals surface area contributed by atoms with Crippen molar-refractivity contribution in [2.24, 2.45) is 0 Å². The highest BCUT2D eigenvalue weighted by atomic mass is 32.2. The van der Waals surface area contributed by atoms with Crippen molar-refractivity contribution in [1.82, 2.24) is 14.9 Å². The van der Waals surface area contributed by atoms with Crippen molar-refractivity contribution in [3.63, 3.8) is 0 Å². The first-order valence-corrected chi connectivity index (χ1v) is 8.62. The molecule has 6 nitrogen and oxygen atoms in total. The lowest BCUT2D eigenvalue weighted by atomic mass is 10.2. The maximum absolute atomic E-state index is 12.1. The molecule has 0 spiro atoms. The molecule has 1 amide bonds. The Balaban J connectivity index is 1.59. The van der Waals surface area contributed by atoms with Crippen LogP contribution in [0.15, 0.2) is 11.1 Å². The molecule has 120 valence electrons. The zero-order chi connectivity index (χ0) is 15.7. The van der Waals surface area contributed by atoms with Crippen molar-refractivity contribution < 1.29 is 9.53 Å². The number of anilines is 1. The lowest BCUT2D eigenvalue weighted by molar-refractivity contribution is 0.0240. The molecule has 0 radical (unpaired) electrons. The number of carbonyl (C=O) groups excluding carboxylic acids is 1. The van der Waals surface area contributed by atoms with E-state index in [1.54, 1.807) is 4.90 Å². The second kappa shape index (κ2) is 5.95. The maximum atomic E-state index is 12.1. The molecule has 2 aliphatic rings. The van der Waals surface area contributed by atoms with Gasteiger partial charge in [0.25, 0.3) is 0 Å². The van der Waals surface area contributed by atoms with E-state index < -0.39 is 5.60 Å². The Bertz CT molecular complexity index is 565. The minimum atomic E-state index is -0.449. The molecular formula is C15H22N4O2S. The molecule has 3 heterocycles. The molecule has 1 saturated heterocycles. The first-order valence-electron chi connectivity index (χ1n) is 7.64. The first-order chi connectivity index (χ1) is 10.4. The fourth-order valence-corrected chi connectivity index (χ4v) is 3.48. The van der Waals surface area contributed by atoms with Gasteiger partial charge in [0.15, 0.2) is 0 Å². The smallest absolute Gasteiger partial charge is 0.410 e. The highest BCUT2D eigenvalue weighted by Gasteiger charge is 2.27. The molecule has 0 saturated carbocycles. The summed E-state index contributed by atoms with van der Waals surface area (Å²) in [4.78, 5) is 26.3. The van der Waals surface area contributed by atoms with Crippen LogP contribution in [0.2, 0.25) is 0 Å². The number of hydrogen-bond acceptors (Lipinski definition) is 6. The van der Waals surface area contributed by atoms with Crippen molar-refractivity contribution in [1.29, 1.82) is 0 Å². The van der Waals surface area contributed by atoms with Gasteiger partial charge in [-0.05, 0) is 20.8 Å². The van der Waals surface area contributed by atoms with E-state index in [-0.39, 0.29) is 6.09 Å². The van der Waals surface area contributed by atoms with Gasteiger partial charge in [0.2, 0.25) is 5.95 Å². The van der Waals surface area contributed by atoms with Gasteiger partial charge in [0.1, 0.15) is 5.60 Å². The number of aromatic nitrogens is 2. The van der Waals surface area contributed by atoms with Gasteiger partial charge in [-0.2, -0.15) is 0 Å². The number of aryl methyl sites for hydroxylation is 1. The number of rotatable bonds is 1. The van der Waals surface area contributed by atoms with Crippen LogP contribution < -0.4 is 4.90 Å². The summed E-state index contributed by atoms with van der Waals surface area (Å²) in [6, 6.07) is 0. The number of carbonyl (C=O) groups is 1. The number of amides is 1. The summed E-state index contributed by atoms with van der Waals surface area (Å²) < 4.78 is 5.41. The molecule has 0 atom stereocenters. The average Bonchev–Trinajstić information content (AvgIpc) is 2.93. The molecule has 0 N–H and O–H groups in total. The molecule has 1 aromatic heterocycles. The molecule has 0 aromatic carbocycles. The fraction of sp³-hybridized carbons (Fsp3) is 0.667. The summed E-state index contributed by atoms with van der Waals surface area (Å²) in [5.41, 5.74) is 0.708. The van der Waals surface area contributed by atoms with E-state index in [0.717, 1.165) is 36.9 Å². The van der Waals surface area contributed by atoms with E-state index in [9.17, 15) is 4.79 Å². The second-order valence-electron chi connectivity index (χ2n) is 6.53. The van der Waals surface area contributed by atoms with Crippen molar-refractivity contribution >= 4 is 23.8 Å². The molecule has 0 unspecified atom stereocenters. The molecular weight excluding hydrogens is 300 g/mol. The Hall–Kier alpha value is -1.50. The molecule has 2 aliphatic heterocycles. The van der Waals surface area contributed by atoms with Crippen LogP contribution in [-0.4, -0.2) is 58.5 Å². The number of nitrogens with zero attached hydrogens (tertiary/aromatic N) is 4. The number of piperazine rings is 1. The van der Waals surface area contributed by atoms with Gasteiger partial charge in [-0.3, -0.25) is 0 Å². The Morgan fingerprint density at radius 3 is 2.68 bits per heavy atom. The van der Waals surface area contributed by atoms with Gasteiger partial charge in [0, 0.05) is 49.4 Å². The lowest BCUT2D eigenvalue weighted by Gasteiger charge is -2.35. The molecule has 22 heavy (non-hydrogen) atoms. The van der Waals surface area contributed by atoms with Crippen molar-refractivity contribution in [2.45, 2.75) is 37.7 Å². The van der Waals surface area contributed by atoms with E-state index >= 15 is 0 Å². The van der Waals surface area contributed by atoms with Gasteiger partial charge in [-0.15, -0.1) is 11.8 Å². The monoisotopic (exact) mass is 322 g/mol. The quantitative estimate of drug-likeness (QED) is 0.790. The fourth-order valence-electron chi connectivity index (χ4n) is 2.52. The van der Waals surface area contributed by atoms with Gasteiger partial charge in [-0.1, -0.05) is 0 Å². The summed E-state index contributed by atoms with van der Waals surface area (Å²) in [6.45, 7) is 8.43. The maximum Gasteiger partial charge on any atom is 0.410 e. The summed E-state index contributed by atoms with van der Waals surface area (Å²) >= 11 is 1.82. The molecule has 0 aliphatic carbocycles. The minimum absolute atomic E-state index is 0.238. The zero-order valence-corrected chi connectivity index (χ0v) is 14.2. The number of thioether (sulfide) groups is 1. The van der Waals surface area contributed by atoms with Gasteiger partial charge >= 0.3 is 6.09 Å². The van der Waals surface area contributed by atoms with E-state index in [4.69, 9.17) is 4.74 Å². The molecule has 1 fully saturated rings.